The molecule has 1 aromatic carbocycles. The van der Waals surface area contributed by atoms with Crippen LogP contribution in [0.3, 0.4) is 0 Å². The van der Waals surface area contributed by atoms with Crippen LogP contribution >= 0.6 is 11.6 Å². The smallest absolute Gasteiger partial charge is 0.287 e. The predicted molar refractivity (Wildman–Crippen MR) is 175 cm³/mol. The third-order valence-corrected chi connectivity index (χ3v) is 11.1. The lowest BCUT2D eigenvalue weighted by Crippen LogP contribution is -2.59. The second kappa shape index (κ2) is 12.9. The van der Waals surface area contributed by atoms with Gasteiger partial charge in [0.15, 0.2) is 5.60 Å². The second-order valence-electron chi connectivity index (χ2n) is 15.7. The van der Waals surface area contributed by atoms with Gasteiger partial charge in [-0.15, -0.1) is 0 Å². The Kier molecular flexibility index (Phi) is 9.15. The summed E-state index contributed by atoms with van der Waals surface area (Å²) in [4.78, 5) is 74.1. The number of hydrogen-bond acceptors (Lipinski definition) is 7. The topological polar surface area (TPSA) is 160 Å². The summed E-state index contributed by atoms with van der Waals surface area (Å²) in [6, 6.07) is 4.20. The Balaban J connectivity index is 1.24. The van der Waals surface area contributed by atoms with Crippen LogP contribution in [0, 0.1) is 29.1 Å². The maximum absolute atomic E-state index is 14.5. The fourth-order valence-corrected chi connectivity index (χ4v) is 8.40. The third kappa shape index (κ3) is 7.34. The average Bonchev–Trinajstić information content (AvgIpc) is 3.34. The van der Waals surface area contributed by atoms with Crippen LogP contribution in [0.15, 0.2) is 29.4 Å². The number of nitrogens with zero attached hydrogens (tertiary/aromatic N) is 2. The lowest BCUT2D eigenvalue weighted by atomic mass is 9.84. The number of likely N-dealkylation sites (tertiary alicyclic amines) is 1. The molecule has 254 valence electrons. The molecular weight excluding hydrogens is 622 g/mol. The van der Waals surface area contributed by atoms with Crippen molar-refractivity contribution in [2.45, 2.75) is 109 Å². The highest BCUT2D eigenvalue weighted by Crippen LogP contribution is 2.49. The normalized spacial score (nSPS) is 29.3. The number of rotatable bonds is 11. The van der Waals surface area contributed by atoms with Gasteiger partial charge in [-0.1, -0.05) is 68.9 Å². The van der Waals surface area contributed by atoms with Gasteiger partial charge >= 0.3 is 0 Å². The summed E-state index contributed by atoms with van der Waals surface area (Å²) in [5.74, 6) is -1.29. The molecule has 2 aliphatic heterocycles. The Hall–Kier alpha value is -3.47. The molecule has 1 spiro atoms. The first-order valence-corrected chi connectivity index (χ1v) is 17.3. The van der Waals surface area contributed by atoms with Gasteiger partial charge < -0.3 is 26.1 Å². The fourth-order valence-electron chi connectivity index (χ4n) is 8.21. The molecule has 7 atom stereocenters. The van der Waals surface area contributed by atoms with E-state index in [-0.39, 0.29) is 24.8 Å². The van der Waals surface area contributed by atoms with Crippen LogP contribution in [0.1, 0.15) is 90.5 Å². The maximum Gasteiger partial charge on any atom is 0.287 e. The van der Waals surface area contributed by atoms with Crippen molar-refractivity contribution in [1.29, 1.82) is 0 Å². The van der Waals surface area contributed by atoms with E-state index in [0.717, 1.165) is 31.2 Å². The van der Waals surface area contributed by atoms with Gasteiger partial charge in [-0.25, -0.2) is 0 Å². The van der Waals surface area contributed by atoms with Gasteiger partial charge in [-0.05, 0) is 66.9 Å². The van der Waals surface area contributed by atoms with Crippen molar-refractivity contribution in [3.63, 3.8) is 0 Å². The molecule has 47 heavy (non-hydrogen) atoms. The van der Waals surface area contributed by atoms with Crippen molar-refractivity contribution in [2.24, 2.45) is 40.0 Å². The van der Waals surface area contributed by atoms with E-state index in [0.29, 0.717) is 47.8 Å². The van der Waals surface area contributed by atoms with Crippen molar-refractivity contribution < 1.29 is 28.8 Å². The number of carbonyl (C=O) groups is 5. The number of primary amides is 1. The van der Waals surface area contributed by atoms with E-state index >= 15 is 0 Å². The lowest BCUT2D eigenvalue weighted by molar-refractivity contribution is -0.145. The quantitative estimate of drug-likeness (QED) is 0.306. The number of hydrogen-bond donors (Lipinski definition) is 3. The molecule has 5 aliphatic rings. The Morgan fingerprint density at radius 2 is 1.87 bits per heavy atom. The lowest BCUT2D eigenvalue weighted by Gasteiger charge is -2.36. The van der Waals surface area contributed by atoms with Crippen LogP contribution in [-0.2, 0) is 28.8 Å². The minimum Gasteiger partial charge on any atom is -0.387 e. The van der Waals surface area contributed by atoms with E-state index in [9.17, 15) is 24.0 Å². The van der Waals surface area contributed by atoms with Crippen molar-refractivity contribution in [2.75, 3.05) is 6.54 Å². The molecule has 0 unspecified atom stereocenters. The first-order chi connectivity index (χ1) is 22.2. The number of nitrogens with two attached hydrogens (primary N) is 1. The molecule has 4 N–H and O–H groups in total. The summed E-state index contributed by atoms with van der Waals surface area (Å²) in [7, 11) is 0. The Morgan fingerprint density at radius 1 is 1.11 bits per heavy atom. The zero-order chi connectivity index (χ0) is 33.7. The van der Waals surface area contributed by atoms with Crippen molar-refractivity contribution in [1.82, 2.24) is 15.5 Å². The molecule has 4 amide bonds. The Bertz CT molecular complexity index is 1490. The number of fused-ring (bicyclic) bond motifs is 2. The molecular formula is C35H46ClN5O6. The van der Waals surface area contributed by atoms with Crippen LogP contribution in [0.25, 0.3) is 0 Å². The predicted octanol–water partition coefficient (Wildman–Crippen LogP) is 3.50. The molecule has 2 heterocycles. The average molecular weight is 668 g/mol. The molecule has 0 radical (unpaired) electrons. The summed E-state index contributed by atoms with van der Waals surface area (Å²) < 4.78 is 0. The van der Waals surface area contributed by atoms with Crippen LogP contribution in [0.2, 0.25) is 5.02 Å². The van der Waals surface area contributed by atoms with E-state index in [4.69, 9.17) is 22.2 Å². The highest BCUT2D eigenvalue weighted by molar-refractivity contribution is 6.37. The van der Waals surface area contributed by atoms with Gasteiger partial charge in [0, 0.05) is 29.8 Å². The number of amides is 4. The number of benzene rings is 1. The van der Waals surface area contributed by atoms with Gasteiger partial charge in [0.1, 0.15) is 12.1 Å². The summed E-state index contributed by atoms with van der Waals surface area (Å²) in [6.07, 6.45) is 7.57. The highest BCUT2D eigenvalue weighted by Gasteiger charge is 2.56. The number of ketones is 1. The number of Topliss-reactive ketones (excluding diaryl/α,β-unsaturated/α-hetero) is 1. The number of carbonyl (C=O) groups excluding carboxylic acids is 5. The molecule has 1 aromatic rings. The summed E-state index contributed by atoms with van der Waals surface area (Å²) >= 11 is 6.23. The molecule has 12 heteroatoms. The molecule has 6 rings (SSSR count). The molecule has 1 saturated heterocycles. The fraction of sp³-hybridized carbons (Fsp3) is 0.657. The summed E-state index contributed by atoms with van der Waals surface area (Å²) in [6.45, 7) is 5.71. The molecule has 3 aliphatic carbocycles. The highest BCUT2D eigenvalue weighted by atomic mass is 35.5. The summed E-state index contributed by atoms with van der Waals surface area (Å²) in [5.41, 5.74) is 5.07. The van der Waals surface area contributed by atoms with E-state index in [2.05, 4.69) is 15.8 Å². The van der Waals surface area contributed by atoms with E-state index in [1.54, 1.807) is 12.1 Å². The largest absolute Gasteiger partial charge is 0.387 e. The van der Waals surface area contributed by atoms with Crippen LogP contribution in [-0.4, -0.2) is 70.3 Å². The number of nitrogens with one attached hydrogen (secondary N) is 2. The van der Waals surface area contributed by atoms with Crippen molar-refractivity contribution in [3.8, 4) is 0 Å². The van der Waals surface area contributed by atoms with Gasteiger partial charge in [0.25, 0.3) is 5.91 Å². The third-order valence-electron chi connectivity index (χ3n) is 10.9. The molecule has 0 aromatic heterocycles. The van der Waals surface area contributed by atoms with E-state index in [1.165, 1.54) is 17.7 Å². The Labute approximate surface area is 280 Å². The molecule has 4 fully saturated rings. The monoisotopic (exact) mass is 667 g/mol. The maximum atomic E-state index is 14.5. The molecule has 2 bridgehead atoms. The van der Waals surface area contributed by atoms with Crippen LogP contribution in [0.4, 0.5) is 0 Å². The van der Waals surface area contributed by atoms with E-state index in [1.807, 2.05) is 32.9 Å². The van der Waals surface area contributed by atoms with Gasteiger partial charge in [0.2, 0.25) is 23.5 Å². The van der Waals surface area contributed by atoms with Gasteiger partial charge in [-0.2, -0.15) is 0 Å². The standard InChI is InChI=1S/C35H46ClN5O6/c1-34(2,3)30(39-28(42)15-23-12-20-9-10-21(23)11-20)33(46)41-18-35(16-26(40-47-35)22-5-4-6-24(36)14-22)17-27(41)32(45)38-25(13-19-7-8-19)29(43)31(37)44/h4-6,14,19-21,23,25,27,30H,7-13,15-18H2,1-3H3,(H2,37,44)(H,38,45)(H,39,42)/t20-,21-,23-,25-,27-,30+,35+/m0/s1. The van der Waals surface area contributed by atoms with Gasteiger partial charge in [0.05, 0.1) is 18.3 Å². The molecule has 11 nitrogen and oxygen atoms in total. The molecule has 3 saturated carbocycles. The first-order valence-electron chi connectivity index (χ1n) is 17.0. The minimum atomic E-state index is -1.11. The van der Waals surface area contributed by atoms with Crippen molar-refractivity contribution in [3.05, 3.63) is 34.9 Å². The zero-order valence-corrected chi connectivity index (χ0v) is 28.2. The van der Waals surface area contributed by atoms with Crippen molar-refractivity contribution >= 4 is 46.7 Å². The Morgan fingerprint density at radius 3 is 2.49 bits per heavy atom. The van der Waals surface area contributed by atoms with Crippen LogP contribution in [0.5, 0.6) is 0 Å². The second-order valence-corrected chi connectivity index (χ2v) is 16.1. The number of halogens is 1. The minimum absolute atomic E-state index is 0.0450. The van der Waals surface area contributed by atoms with E-state index < -0.39 is 52.6 Å². The zero-order valence-electron chi connectivity index (χ0n) is 27.4. The summed E-state index contributed by atoms with van der Waals surface area (Å²) in [5, 5.41) is 10.7. The first kappa shape index (κ1) is 33.4. The SMILES string of the molecule is CC(C)(C)[C@H](NC(=O)C[C@@H]1C[C@H]2CC[C@H]1C2)C(=O)N1C[C@@]2(CC(c3cccc(Cl)c3)=NO2)C[C@H]1C(=O)N[C@@H](CC1CC1)C(=O)C(N)=O. The van der Waals surface area contributed by atoms with Crippen LogP contribution < -0.4 is 16.4 Å². The number of oxime groups is 1. The van der Waals surface area contributed by atoms with Gasteiger partial charge in [-0.3, -0.25) is 24.0 Å².